The third kappa shape index (κ3) is 5.30. The minimum absolute atomic E-state index is 0.144. The summed E-state index contributed by atoms with van der Waals surface area (Å²) in [7, 11) is 0. The van der Waals surface area contributed by atoms with Crippen LogP contribution in [0.4, 0.5) is 0 Å². The van der Waals surface area contributed by atoms with E-state index in [0.29, 0.717) is 42.6 Å². The summed E-state index contributed by atoms with van der Waals surface area (Å²) in [4.78, 5) is 30.6. The Morgan fingerprint density at radius 1 is 1.12 bits per heavy atom. The molecule has 1 aromatic heterocycles. The normalized spacial score (nSPS) is 13.3. The van der Waals surface area contributed by atoms with Crippen molar-refractivity contribution < 1.29 is 9.59 Å². The van der Waals surface area contributed by atoms with E-state index in [4.69, 9.17) is 11.6 Å². The maximum atomic E-state index is 12.6. The minimum atomic E-state index is -0.148. The van der Waals surface area contributed by atoms with Gasteiger partial charge in [-0.1, -0.05) is 11.6 Å². The summed E-state index contributed by atoms with van der Waals surface area (Å²) in [6, 6.07) is 11.0. The summed E-state index contributed by atoms with van der Waals surface area (Å²) >= 11 is 5.82. The first-order valence-corrected chi connectivity index (χ1v) is 9.23. The van der Waals surface area contributed by atoms with Gasteiger partial charge in [-0.2, -0.15) is 0 Å². The molecule has 26 heavy (non-hydrogen) atoms. The Kier molecular flexibility index (Phi) is 6.23. The molecule has 0 unspecified atom stereocenters. The number of carbonyl (C=O) groups is 2. The van der Waals surface area contributed by atoms with Crippen molar-refractivity contribution in [2.45, 2.75) is 38.3 Å². The molecule has 136 valence electrons. The highest BCUT2D eigenvalue weighted by Gasteiger charge is 2.32. The van der Waals surface area contributed by atoms with Gasteiger partial charge in [0.1, 0.15) is 0 Å². The predicted octanol–water partition coefficient (Wildman–Crippen LogP) is 3.44. The van der Waals surface area contributed by atoms with E-state index in [1.54, 1.807) is 36.7 Å². The molecular formula is C20H22ClN3O2. The van der Waals surface area contributed by atoms with Crippen LogP contribution < -0.4 is 5.32 Å². The summed E-state index contributed by atoms with van der Waals surface area (Å²) in [6.07, 6.45) is 6.70. The van der Waals surface area contributed by atoms with E-state index in [-0.39, 0.29) is 11.8 Å². The van der Waals surface area contributed by atoms with Gasteiger partial charge in [-0.05, 0) is 61.2 Å². The summed E-state index contributed by atoms with van der Waals surface area (Å²) in [5.74, 6) is -0.00463. The molecule has 1 fully saturated rings. The lowest BCUT2D eigenvalue weighted by atomic mass is 10.2. The second-order valence-electron chi connectivity index (χ2n) is 6.47. The number of halogens is 1. The Bertz CT molecular complexity index is 745. The molecule has 1 aliphatic rings. The van der Waals surface area contributed by atoms with Crippen molar-refractivity contribution in [1.29, 1.82) is 0 Å². The lowest BCUT2D eigenvalue weighted by Gasteiger charge is -2.22. The van der Waals surface area contributed by atoms with Gasteiger partial charge in [0.05, 0.1) is 0 Å². The van der Waals surface area contributed by atoms with Crippen molar-refractivity contribution in [3.05, 3.63) is 64.9 Å². The Morgan fingerprint density at radius 3 is 2.46 bits per heavy atom. The maximum Gasteiger partial charge on any atom is 0.251 e. The first-order valence-electron chi connectivity index (χ1n) is 8.85. The SMILES string of the molecule is O=C(NCCCC(=O)N(Cc1ccncc1)C1CC1)c1ccc(Cl)cc1. The summed E-state index contributed by atoms with van der Waals surface area (Å²) in [5.41, 5.74) is 1.66. The van der Waals surface area contributed by atoms with E-state index in [1.165, 1.54) is 0 Å². The lowest BCUT2D eigenvalue weighted by molar-refractivity contribution is -0.132. The second kappa shape index (κ2) is 8.81. The quantitative estimate of drug-likeness (QED) is 0.723. The van der Waals surface area contributed by atoms with Crippen molar-refractivity contribution in [1.82, 2.24) is 15.2 Å². The molecule has 1 heterocycles. The van der Waals surface area contributed by atoms with E-state index in [9.17, 15) is 9.59 Å². The molecule has 0 radical (unpaired) electrons. The van der Waals surface area contributed by atoms with Crippen molar-refractivity contribution in [3.8, 4) is 0 Å². The highest BCUT2D eigenvalue weighted by molar-refractivity contribution is 6.30. The monoisotopic (exact) mass is 371 g/mol. The van der Waals surface area contributed by atoms with E-state index >= 15 is 0 Å². The van der Waals surface area contributed by atoms with E-state index in [2.05, 4.69) is 10.3 Å². The summed E-state index contributed by atoms with van der Waals surface area (Å²) in [5, 5.41) is 3.44. The molecule has 2 aromatic rings. The molecule has 6 heteroatoms. The molecule has 0 aliphatic heterocycles. The molecule has 1 aliphatic carbocycles. The Morgan fingerprint density at radius 2 is 1.81 bits per heavy atom. The number of carbonyl (C=O) groups excluding carboxylic acids is 2. The van der Waals surface area contributed by atoms with Gasteiger partial charge < -0.3 is 10.2 Å². The van der Waals surface area contributed by atoms with Crippen LogP contribution in [-0.2, 0) is 11.3 Å². The number of pyridine rings is 1. The third-order valence-electron chi connectivity index (χ3n) is 4.37. The van der Waals surface area contributed by atoms with Gasteiger partial charge in [0.25, 0.3) is 5.91 Å². The Balaban J connectivity index is 1.43. The van der Waals surface area contributed by atoms with Crippen LogP contribution >= 0.6 is 11.6 Å². The summed E-state index contributed by atoms with van der Waals surface area (Å²) in [6.45, 7) is 1.10. The number of benzene rings is 1. The molecule has 2 amide bonds. The first-order chi connectivity index (χ1) is 12.6. The van der Waals surface area contributed by atoms with Crippen LogP contribution in [0.1, 0.15) is 41.6 Å². The number of amides is 2. The molecule has 0 atom stereocenters. The van der Waals surface area contributed by atoms with Crippen LogP contribution in [0.15, 0.2) is 48.8 Å². The zero-order chi connectivity index (χ0) is 18.4. The molecule has 1 N–H and O–H groups in total. The van der Waals surface area contributed by atoms with Crippen LogP contribution in [0.3, 0.4) is 0 Å². The number of nitrogens with one attached hydrogen (secondary N) is 1. The average molecular weight is 372 g/mol. The lowest BCUT2D eigenvalue weighted by Crippen LogP contribution is -2.33. The molecule has 0 spiro atoms. The first kappa shape index (κ1) is 18.4. The topological polar surface area (TPSA) is 62.3 Å². The molecule has 3 rings (SSSR count). The fourth-order valence-corrected chi connectivity index (χ4v) is 2.91. The zero-order valence-electron chi connectivity index (χ0n) is 14.5. The predicted molar refractivity (Wildman–Crippen MR) is 101 cm³/mol. The molecule has 0 bridgehead atoms. The Labute approximate surface area is 158 Å². The summed E-state index contributed by atoms with van der Waals surface area (Å²) < 4.78 is 0. The number of hydrogen-bond acceptors (Lipinski definition) is 3. The standard InChI is InChI=1S/C20H22ClN3O2/c21-17-5-3-16(4-6-17)20(26)23-11-1-2-19(25)24(18-7-8-18)14-15-9-12-22-13-10-15/h3-6,9-10,12-13,18H,1-2,7-8,11,14H2,(H,23,26). The fourth-order valence-electron chi connectivity index (χ4n) is 2.78. The molecule has 1 aromatic carbocycles. The van der Waals surface area contributed by atoms with E-state index in [0.717, 1.165) is 18.4 Å². The van der Waals surface area contributed by atoms with Crippen molar-refractivity contribution in [2.75, 3.05) is 6.54 Å². The number of hydrogen-bond donors (Lipinski definition) is 1. The molecular weight excluding hydrogens is 350 g/mol. The number of aromatic nitrogens is 1. The average Bonchev–Trinajstić information content (AvgIpc) is 3.49. The van der Waals surface area contributed by atoms with E-state index in [1.807, 2.05) is 17.0 Å². The van der Waals surface area contributed by atoms with Gasteiger partial charge in [-0.25, -0.2) is 0 Å². The zero-order valence-corrected chi connectivity index (χ0v) is 15.3. The van der Waals surface area contributed by atoms with Crippen molar-refractivity contribution in [2.24, 2.45) is 0 Å². The molecule has 5 nitrogen and oxygen atoms in total. The second-order valence-corrected chi connectivity index (χ2v) is 6.91. The van der Waals surface area contributed by atoms with Gasteiger partial charge in [0.2, 0.25) is 5.91 Å². The highest BCUT2D eigenvalue weighted by atomic mass is 35.5. The van der Waals surface area contributed by atoms with Gasteiger partial charge in [-0.15, -0.1) is 0 Å². The van der Waals surface area contributed by atoms with Crippen LogP contribution in [0.5, 0.6) is 0 Å². The van der Waals surface area contributed by atoms with E-state index < -0.39 is 0 Å². The van der Waals surface area contributed by atoms with Crippen molar-refractivity contribution in [3.63, 3.8) is 0 Å². The fraction of sp³-hybridized carbons (Fsp3) is 0.350. The van der Waals surface area contributed by atoms with Crippen molar-refractivity contribution >= 4 is 23.4 Å². The molecule has 1 saturated carbocycles. The third-order valence-corrected chi connectivity index (χ3v) is 4.62. The number of nitrogens with zero attached hydrogens (tertiary/aromatic N) is 2. The van der Waals surface area contributed by atoms with Crippen LogP contribution in [0.2, 0.25) is 5.02 Å². The minimum Gasteiger partial charge on any atom is -0.352 e. The van der Waals surface area contributed by atoms with Crippen LogP contribution in [0.25, 0.3) is 0 Å². The smallest absolute Gasteiger partial charge is 0.251 e. The van der Waals surface area contributed by atoms with Gasteiger partial charge in [0, 0.05) is 48.5 Å². The van der Waals surface area contributed by atoms with Gasteiger partial charge in [0.15, 0.2) is 0 Å². The van der Waals surface area contributed by atoms with Gasteiger partial charge in [-0.3, -0.25) is 14.6 Å². The van der Waals surface area contributed by atoms with Crippen LogP contribution in [0, 0.1) is 0 Å². The van der Waals surface area contributed by atoms with Gasteiger partial charge >= 0.3 is 0 Å². The van der Waals surface area contributed by atoms with Crippen LogP contribution in [-0.4, -0.2) is 34.3 Å². The largest absolute Gasteiger partial charge is 0.352 e. The highest BCUT2D eigenvalue weighted by Crippen LogP contribution is 2.29. The molecule has 0 saturated heterocycles. The Hall–Kier alpha value is -2.40. The number of rotatable bonds is 8. The maximum absolute atomic E-state index is 12.6.